The number of aliphatic hydroxyl groups excluding tert-OH is 1. The number of aliphatic hydroxyl groups is 1. The first-order valence-corrected chi connectivity index (χ1v) is 15.3. The summed E-state index contributed by atoms with van der Waals surface area (Å²) in [4.78, 5) is 24.5. The third-order valence-corrected chi connectivity index (χ3v) is 8.80. The van der Waals surface area contributed by atoms with E-state index in [1.54, 1.807) is 24.4 Å². The van der Waals surface area contributed by atoms with Gasteiger partial charge in [0.25, 0.3) is 5.91 Å². The molecule has 2 aromatic carbocycles. The molecular formula is C33H36F2N6O4. The van der Waals surface area contributed by atoms with Gasteiger partial charge in [0.2, 0.25) is 5.95 Å². The average Bonchev–Trinajstić information content (AvgIpc) is 3.01. The molecule has 12 heteroatoms. The van der Waals surface area contributed by atoms with Crippen LogP contribution in [0.2, 0.25) is 0 Å². The van der Waals surface area contributed by atoms with Gasteiger partial charge < -0.3 is 24.8 Å². The Balaban J connectivity index is 1.12. The van der Waals surface area contributed by atoms with Gasteiger partial charge in [0.1, 0.15) is 17.9 Å². The van der Waals surface area contributed by atoms with E-state index in [0.717, 1.165) is 49.7 Å². The second-order valence-corrected chi connectivity index (χ2v) is 11.9. The molecule has 3 saturated heterocycles. The number of benzene rings is 2. The highest BCUT2D eigenvalue weighted by molar-refractivity contribution is 5.80. The van der Waals surface area contributed by atoms with Crippen molar-refractivity contribution in [2.45, 2.75) is 56.3 Å². The molecule has 0 aliphatic carbocycles. The minimum absolute atomic E-state index is 0.0130. The molecule has 1 amide bonds. The molecule has 0 saturated carbocycles. The number of carbonyl (C=O) groups excluding carboxylic acids is 1. The number of aromatic nitrogens is 2. The molecule has 0 spiro atoms. The van der Waals surface area contributed by atoms with Gasteiger partial charge in [-0.1, -0.05) is 12.1 Å². The molecule has 2 N–H and O–H groups in total. The van der Waals surface area contributed by atoms with Crippen molar-refractivity contribution in [1.82, 2.24) is 19.8 Å². The Morgan fingerprint density at radius 3 is 2.64 bits per heavy atom. The second kappa shape index (κ2) is 13.0. The first kappa shape index (κ1) is 30.8. The number of amides is 1. The Morgan fingerprint density at radius 2 is 1.96 bits per heavy atom. The molecule has 1 unspecified atom stereocenters. The van der Waals surface area contributed by atoms with Gasteiger partial charge in [-0.25, -0.2) is 18.7 Å². The number of hydrogen-bond acceptors (Lipinski definition) is 9. The SMILES string of the molecule is C[C@H](O)C(=O)N1CCC(Oc2ccc(-c3ccnc(Nc4cccc(C5CCN(C6COC6)CC5)c4)n3)cc2C#N)C(F)(F)C1. The first-order chi connectivity index (χ1) is 21.7. The van der Waals surface area contributed by atoms with Crippen molar-refractivity contribution in [2.24, 2.45) is 0 Å². The van der Waals surface area contributed by atoms with Gasteiger partial charge in [0, 0.05) is 30.4 Å². The van der Waals surface area contributed by atoms with E-state index in [1.807, 2.05) is 18.2 Å². The predicted octanol–water partition coefficient (Wildman–Crippen LogP) is 4.33. The number of nitrogens with zero attached hydrogens (tertiary/aromatic N) is 5. The third-order valence-electron chi connectivity index (χ3n) is 8.80. The second-order valence-electron chi connectivity index (χ2n) is 11.9. The summed E-state index contributed by atoms with van der Waals surface area (Å²) in [5.74, 6) is -3.21. The summed E-state index contributed by atoms with van der Waals surface area (Å²) in [5, 5.41) is 22.6. The van der Waals surface area contributed by atoms with Crippen molar-refractivity contribution >= 4 is 17.5 Å². The zero-order valence-corrected chi connectivity index (χ0v) is 25.0. The van der Waals surface area contributed by atoms with Crippen LogP contribution in [-0.4, -0.2) is 94.3 Å². The number of alkyl halides is 2. The summed E-state index contributed by atoms with van der Waals surface area (Å²) in [5.41, 5.74) is 3.39. The Morgan fingerprint density at radius 1 is 1.16 bits per heavy atom. The van der Waals surface area contributed by atoms with Crippen LogP contribution in [0.25, 0.3) is 11.3 Å². The van der Waals surface area contributed by atoms with Crippen LogP contribution >= 0.6 is 0 Å². The van der Waals surface area contributed by atoms with Gasteiger partial charge in [0.15, 0.2) is 6.10 Å². The van der Waals surface area contributed by atoms with Crippen LogP contribution < -0.4 is 10.1 Å². The maximum Gasteiger partial charge on any atom is 0.301 e. The van der Waals surface area contributed by atoms with Crippen molar-refractivity contribution in [3.8, 4) is 23.1 Å². The quantitative estimate of drug-likeness (QED) is 0.380. The Kier molecular flexibility index (Phi) is 8.94. The lowest BCUT2D eigenvalue weighted by Crippen LogP contribution is -2.56. The smallest absolute Gasteiger partial charge is 0.301 e. The molecule has 2 atom stereocenters. The molecule has 3 aromatic rings. The Bertz CT molecular complexity index is 1570. The largest absolute Gasteiger partial charge is 0.483 e. The summed E-state index contributed by atoms with van der Waals surface area (Å²) < 4.78 is 40.8. The Hall–Kier alpha value is -4.18. The van der Waals surface area contributed by atoms with E-state index in [0.29, 0.717) is 29.2 Å². The minimum Gasteiger partial charge on any atom is -0.483 e. The number of piperidine rings is 2. The summed E-state index contributed by atoms with van der Waals surface area (Å²) in [6, 6.07) is 17.3. The number of hydrogen-bond donors (Lipinski definition) is 2. The molecule has 0 bridgehead atoms. The number of likely N-dealkylation sites (tertiary alicyclic amines) is 2. The molecule has 10 nitrogen and oxygen atoms in total. The molecular weight excluding hydrogens is 582 g/mol. The number of rotatable bonds is 8. The highest BCUT2D eigenvalue weighted by Crippen LogP contribution is 2.35. The lowest BCUT2D eigenvalue weighted by atomic mass is 9.88. The fourth-order valence-electron chi connectivity index (χ4n) is 6.16. The van der Waals surface area contributed by atoms with Crippen LogP contribution in [0.4, 0.5) is 20.4 Å². The number of nitriles is 1. The maximum absolute atomic E-state index is 14.9. The van der Waals surface area contributed by atoms with Gasteiger partial charge in [-0.15, -0.1) is 0 Å². The number of ether oxygens (including phenoxy) is 2. The number of carbonyl (C=O) groups is 1. The molecule has 4 heterocycles. The summed E-state index contributed by atoms with van der Waals surface area (Å²) in [6.45, 7) is 4.22. The van der Waals surface area contributed by atoms with Crippen LogP contribution in [0.1, 0.15) is 43.2 Å². The van der Waals surface area contributed by atoms with E-state index in [2.05, 4.69) is 32.3 Å². The highest BCUT2D eigenvalue weighted by atomic mass is 19.3. The van der Waals surface area contributed by atoms with Gasteiger partial charge in [-0.2, -0.15) is 5.26 Å². The minimum atomic E-state index is -3.36. The molecule has 1 aromatic heterocycles. The maximum atomic E-state index is 14.9. The van der Waals surface area contributed by atoms with Crippen molar-refractivity contribution < 1.29 is 28.2 Å². The van der Waals surface area contributed by atoms with Crippen molar-refractivity contribution in [1.29, 1.82) is 5.26 Å². The lowest BCUT2D eigenvalue weighted by molar-refractivity contribution is -0.165. The molecule has 3 aliphatic heterocycles. The van der Waals surface area contributed by atoms with Gasteiger partial charge in [0.05, 0.1) is 37.1 Å². The molecule has 3 fully saturated rings. The van der Waals surface area contributed by atoms with Crippen molar-refractivity contribution in [3.63, 3.8) is 0 Å². The summed E-state index contributed by atoms with van der Waals surface area (Å²) >= 11 is 0. The van der Waals surface area contributed by atoms with E-state index in [-0.39, 0.29) is 24.3 Å². The van der Waals surface area contributed by atoms with Crippen LogP contribution in [0.3, 0.4) is 0 Å². The zero-order valence-electron chi connectivity index (χ0n) is 25.0. The van der Waals surface area contributed by atoms with E-state index in [1.165, 1.54) is 18.6 Å². The standard InChI is InChI=1S/C33H36F2N6O4/c1-21(42)31(43)41-14-10-30(33(34,35)20-41)45-29-6-5-24(15-25(29)17-36)28-7-11-37-32(39-28)38-26-4-2-3-23(16-26)22-8-12-40(13-9-22)27-18-44-19-27/h2-7,11,15-16,21-22,27,30,42H,8-10,12-14,18-20H2,1H3,(H,37,38,39)/t21-,30?/m0/s1. The molecule has 0 radical (unpaired) electrons. The number of anilines is 2. The third kappa shape index (κ3) is 6.91. The van der Waals surface area contributed by atoms with Crippen LogP contribution in [-0.2, 0) is 9.53 Å². The van der Waals surface area contributed by atoms with Crippen molar-refractivity contribution in [3.05, 3.63) is 65.9 Å². The molecule has 236 valence electrons. The van der Waals surface area contributed by atoms with Gasteiger partial charge in [-0.05, 0) is 80.7 Å². The molecule has 45 heavy (non-hydrogen) atoms. The fraction of sp³-hybridized carbons (Fsp3) is 0.455. The van der Waals surface area contributed by atoms with Crippen LogP contribution in [0.15, 0.2) is 54.7 Å². The van der Waals surface area contributed by atoms with Crippen molar-refractivity contribution in [2.75, 3.05) is 44.7 Å². The fourth-order valence-corrected chi connectivity index (χ4v) is 6.16. The average molecular weight is 619 g/mol. The van der Waals surface area contributed by atoms with Gasteiger partial charge in [-0.3, -0.25) is 9.69 Å². The van der Waals surface area contributed by atoms with Crippen LogP contribution in [0, 0.1) is 11.3 Å². The molecule has 3 aliphatic rings. The summed E-state index contributed by atoms with van der Waals surface area (Å²) in [6.07, 6.45) is 0.797. The predicted molar refractivity (Wildman–Crippen MR) is 162 cm³/mol. The zero-order chi connectivity index (χ0) is 31.6. The van der Waals surface area contributed by atoms with E-state index in [4.69, 9.17) is 9.47 Å². The van der Waals surface area contributed by atoms with E-state index >= 15 is 0 Å². The number of nitrogens with one attached hydrogen (secondary N) is 1. The highest BCUT2D eigenvalue weighted by Gasteiger charge is 2.48. The summed E-state index contributed by atoms with van der Waals surface area (Å²) in [7, 11) is 0. The first-order valence-electron chi connectivity index (χ1n) is 15.3. The van der Waals surface area contributed by atoms with E-state index in [9.17, 15) is 23.9 Å². The topological polar surface area (TPSA) is 124 Å². The molecule has 6 rings (SSSR count). The van der Waals surface area contributed by atoms with Crippen LogP contribution in [0.5, 0.6) is 5.75 Å². The van der Waals surface area contributed by atoms with E-state index < -0.39 is 30.6 Å². The normalized spacial score (nSPS) is 21.4. The van der Waals surface area contributed by atoms with Gasteiger partial charge >= 0.3 is 5.92 Å². The lowest BCUT2D eigenvalue weighted by Gasteiger charge is -2.41. The number of halogens is 2. The monoisotopic (exact) mass is 618 g/mol. The Labute approximate surface area is 260 Å².